The van der Waals surface area contributed by atoms with Crippen LogP contribution in [0.2, 0.25) is 0 Å². The molecule has 2 atom stereocenters. The van der Waals surface area contributed by atoms with Crippen molar-refractivity contribution in [1.82, 2.24) is 5.32 Å². The van der Waals surface area contributed by atoms with Crippen LogP contribution in [0.1, 0.15) is 70.6 Å². The zero-order valence-electron chi connectivity index (χ0n) is 14.8. The summed E-state index contributed by atoms with van der Waals surface area (Å²) in [5.41, 5.74) is 0. The highest BCUT2D eigenvalue weighted by atomic mass is 16.4. The van der Waals surface area contributed by atoms with E-state index >= 15 is 0 Å². The molecule has 0 aromatic heterocycles. The molecule has 0 saturated heterocycles. The van der Waals surface area contributed by atoms with Crippen molar-refractivity contribution in [1.29, 1.82) is 0 Å². The number of nitrogens with one attached hydrogen (secondary N) is 1. The first kappa shape index (κ1) is 21.4. The third-order valence-corrected chi connectivity index (χ3v) is 4.88. The average molecular weight is 357 g/mol. The van der Waals surface area contributed by atoms with Gasteiger partial charge in [0.2, 0.25) is 5.91 Å². The van der Waals surface area contributed by atoms with Crippen molar-refractivity contribution >= 4 is 17.8 Å². The number of carboxylic acids is 2. The highest BCUT2D eigenvalue weighted by Crippen LogP contribution is 2.24. The van der Waals surface area contributed by atoms with Crippen LogP contribution in [0.4, 0.5) is 0 Å². The minimum atomic E-state index is -1.30. The van der Waals surface area contributed by atoms with Crippen molar-refractivity contribution in [2.45, 2.75) is 76.7 Å². The van der Waals surface area contributed by atoms with Gasteiger partial charge in [0.05, 0.1) is 12.0 Å². The summed E-state index contributed by atoms with van der Waals surface area (Å²) in [6, 6.07) is 0. The lowest BCUT2D eigenvalue weighted by atomic mass is 9.86. The number of hydrogen-bond acceptors (Lipinski definition) is 4. The molecule has 1 fully saturated rings. The molecule has 4 N–H and O–H groups in total. The van der Waals surface area contributed by atoms with Crippen molar-refractivity contribution in [2.24, 2.45) is 11.8 Å². The number of rotatable bonds is 12. The monoisotopic (exact) mass is 357 g/mol. The van der Waals surface area contributed by atoms with Gasteiger partial charge in [-0.3, -0.25) is 14.4 Å². The molecule has 7 nitrogen and oxygen atoms in total. The van der Waals surface area contributed by atoms with E-state index in [0.29, 0.717) is 19.4 Å². The molecule has 0 radical (unpaired) electrons. The number of hydrogen-bond donors (Lipinski definition) is 4. The first-order valence-electron chi connectivity index (χ1n) is 9.35. The van der Waals surface area contributed by atoms with Gasteiger partial charge in [-0.15, -0.1) is 0 Å². The molecule has 1 rings (SSSR count). The van der Waals surface area contributed by atoms with Gasteiger partial charge in [0.15, 0.2) is 5.92 Å². The Morgan fingerprint density at radius 3 is 2.04 bits per heavy atom. The number of aliphatic hydroxyl groups is 1. The SMILES string of the molecule is O=C(O)C(CCCCCCCCNC(=O)C1CCCCC1O)C(=O)O. The molecule has 0 aromatic rings. The smallest absolute Gasteiger partial charge is 0.317 e. The van der Waals surface area contributed by atoms with E-state index in [1.165, 1.54) is 0 Å². The molecule has 0 aromatic carbocycles. The van der Waals surface area contributed by atoms with Gasteiger partial charge in [-0.2, -0.15) is 0 Å². The Balaban J connectivity index is 1.99. The molecule has 7 heteroatoms. The van der Waals surface area contributed by atoms with Crippen LogP contribution in [0.25, 0.3) is 0 Å². The maximum Gasteiger partial charge on any atom is 0.317 e. The van der Waals surface area contributed by atoms with Gasteiger partial charge >= 0.3 is 11.9 Å². The van der Waals surface area contributed by atoms with E-state index in [0.717, 1.165) is 51.4 Å². The number of carbonyl (C=O) groups is 3. The Morgan fingerprint density at radius 2 is 1.44 bits per heavy atom. The standard InChI is InChI=1S/C18H31NO6/c20-15-11-7-6-9-13(15)16(21)19-12-8-4-2-1-3-5-10-14(17(22)23)18(24)25/h13-15,20H,1-12H2,(H,19,21)(H,22,23)(H,24,25). The predicted molar refractivity (Wildman–Crippen MR) is 92.1 cm³/mol. The number of aliphatic carboxylic acids is 2. The largest absolute Gasteiger partial charge is 0.481 e. The number of unbranched alkanes of at least 4 members (excludes halogenated alkanes) is 5. The highest BCUT2D eigenvalue weighted by molar-refractivity contribution is 5.92. The molecule has 1 aliphatic carbocycles. The quantitative estimate of drug-likeness (QED) is 0.313. The Hall–Kier alpha value is -1.63. The second kappa shape index (κ2) is 11.8. The fraction of sp³-hybridized carbons (Fsp3) is 0.833. The van der Waals surface area contributed by atoms with E-state index in [9.17, 15) is 19.5 Å². The molecule has 0 heterocycles. The van der Waals surface area contributed by atoms with E-state index in [4.69, 9.17) is 10.2 Å². The summed E-state index contributed by atoms with van der Waals surface area (Å²) in [6.07, 6.45) is 8.30. The summed E-state index contributed by atoms with van der Waals surface area (Å²) in [4.78, 5) is 33.5. The van der Waals surface area contributed by atoms with E-state index in [1.807, 2.05) is 0 Å². The lowest BCUT2D eigenvalue weighted by Crippen LogP contribution is -2.39. The first-order valence-corrected chi connectivity index (χ1v) is 9.35. The van der Waals surface area contributed by atoms with Crippen molar-refractivity contribution in [3.05, 3.63) is 0 Å². The third kappa shape index (κ3) is 8.34. The average Bonchev–Trinajstić information content (AvgIpc) is 2.56. The summed E-state index contributed by atoms with van der Waals surface area (Å²) >= 11 is 0. The minimum Gasteiger partial charge on any atom is -0.481 e. The molecule has 0 aliphatic heterocycles. The van der Waals surface area contributed by atoms with Crippen molar-refractivity contribution < 1.29 is 29.7 Å². The van der Waals surface area contributed by atoms with Crippen LogP contribution in [-0.2, 0) is 14.4 Å². The molecule has 1 aliphatic rings. The van der Waals surface area contributed by atoms with Gasteiger partial charge in [-0.05, 0) is 25.7 Å². The second-order valence-electron chi connectivity index (χ2n) is 6.89. The lowest BCUT2D eigenvalue weighted by molar-refractivity contribution is -0.154. The zero-order valence-corrected chi connectivity index (χ0v) is 14.8. The van der Waals surface area contributed by atoms with Crippen LogP contribution in [0, 0.1) is 11.8 Å². The third-order valence-electron chi connectivity index (χ3n) is 4.88. The fourth-order valence-electron chi connectivity index (χ4n) is 3.29. The van der Waals surface area contributed by atoms with Crippen LogP contribution in [-0.4, -0.2) is 45.8 Å². The van der Waals surface area contributed by atoms with Gasteiger partial charge in [-0.25, -0.2) is 0 Å². The molecular formula is C18H31NO6. The Kier molecular flexibility index (Phi) is 10.1. The summed E-state index contributed by atoms with van der Waals surface area (Å²) < 4.78 is 0. The number of carbonyl (C=O) groups excluding carboxylic acids is 1. The topological polar surface area (TPSA) is 124 Å². The summed E-state index contributed by atoms with van der Waals surface area (Å²) in [5, 5.41) is 30.3. The molecule has 0 spiro atoms. The second-order valence-corrected chi connectivity index (χ2v) is 6.89. The zero-order chi connectivity index (χ0) is 18.7. The molecular weight excluding hydrogens is 326 g/mol. The van der Waals surface area contributed by atoms with E-state index in [-0.39, 0.29) is 18.2 Å². The van der Waals surface area contributed by atoms with Crippen LogP contribution in [0.5, 0.6) is 0 Å². The molecule has 2 unspecified atom stereocenters. The van der Waals surface area contributed by atoms with E-state index in [1.54, 1.807) is 0 Å². The van der Waals surface area contributed by atoms with Crippen molar-refractivity contribution in [2.75, 3.05) is 6.54 Å². The maximum atomic E-state index is 12.0. The minimum absolute atomic E-state index is 0.0411. The molecule has 1 saturated carbocycles. The van der Waals surface area contributed by atoms with Crippen molar-refractivity contribution in [3.8, 4) is 0 Å². The molecule has 0 bridgehead atoms. The summed E-state index contributed by atoms with van der Waals surface area (Å²) in [6.45, 7) is 0.613. The summed E-state index contributed by atoms with van der Waals surface area (Å²) in [7, 11) is 0. The van der Waals surface area contributed by atoms with E-state index < -0.39 is 24.0 Å². The van der Waals surface area contributed by atoms with Gasteiger partial charge in [0.1, 0.15) is 0 Å². The van der Waals surface area contributed by atoms with Crippen molar-refractivity contribution in [3.63, 3.8) is 0 Å². The molecule has 25 heavy (non-hydrogen) atoms. The first-order chi connectivity index (χ1) is 11.9. The predicted octanol–water partition coefficient (Wildman–Crippen LogP) is 2.17. The van der Waals surface area contributed by atoms with Crippen LogP contribution in [0.3, 0.4) is 0 Å². The molecule has 144 valence electrons. The van der Waals surface area contributed by atoms with Gasteiger partial charge in [-0.1, -0.05) is 44.9 Å². The van der Waals surface area contributed by atoms with Gasteiger partial charge < -0.3 is 20.6 Å². The van der Waals surface area contributed by atoms with E-state index in [2.05, 4.69) is 5.32 Å². The van der Waals surface area contributed by atoms with Crippen LogP contribution >= 0.6 is 0 Å². The van der Waals surface area contributed by atoms with Gasteiger partial charge in [0.25, 0.3) is 0 Å². The Labute approximate surface area is 148 Å². The number of amides is 1. The fourth-order valence-corrected chi connectivity index (χ4v) is 3.29. The number of carboxylic acid groups (broad SMARTS) is 2. The lowest BCUT2D eigenvalue weighted by Gasteiger charge is -2.26. The normalized spacial score (nSPS) is 20.4. The van der Waals surface area contributed by atoms with Crippen LogP contribution < -0.4 is 5.32 Å². The number of aliphatic hydroxyl groups excluding tert-OH is 1. The Bertz CT molecular complexity index is 425. The Morgan fingerprint density at radius 1 is 0.880 bits per heavy atom. The van der Waals surface area contributed by atoms with Crippen LogP contribution in [0.15, 0.2) is 0 Å². The van der Waals surface area contributed by atoms with Gasteiger partial charge in [0, 0.05) is 6.54 Å². The highest BCUT2D eigenvalue weighted by Gasteiger charge is 2.28. The molecule has 1 amide bonds. The maximum absolute atomic E-state index is 12.0. The summed E-state index contributed by atoms with van der Waals surface area (Å²) in [5.74, 6) is -4.14.